The minimum absolute atomic E-state index is 0.442. The van der Waals surface area contributed by atoms with Crippen molar-refractivity contribution in [2.45, 2.75) is 60.0 Å². The molecular formula is C16H31N5. The topological polar surface area (TPSA) is 54.2 Å². The minimum atomic E-state index is 0.442. The number of nitrogens with one attached hydrogen (secondary N) is 2. The van der Waals surface area contributed by atoms with Crippen molar-refractivity contribution in [1.29, 1.82) is 0 Å². The highest BCUT2D eigenvalue weighted by atomic mass is 15.3. The fourth-order valence-electron chi connectivity index (χ4n) is 2.06. The molecule has 0 aromatic carbocycles. The molecule has 1 heterocycles. The molecule has 0 aliphatic carbocycles. The monoisotopic (exact) mass is 293 g/mol. The molecule has 0 saturated carbocycles. The second-order valence-corrected chi connectivity index (χ2v) is 6.06. The standard InChI is InChI=1S/C16H31N5/c1-6-17-16(20-15(5)8-7-13(2)3)18-9-10-21-12-14(4)11-19-21/h11-13,15H,6-10H2,1-5H3,(H2,17,18,20). The molecule has 0 saturated heterocycles. The highest BCUT2D eigenvalue weighted by Gasteiger charge is 2.06. The molecule has 0 aliphatic rings. The molecule has 1 atom stereocenters. The molecule has 2 N–H and O–H groups in total. The van der Waals surface area contributed by atoms with Crippen LogP contribution >= 0.6 is 0 Å². The Kier molecular flexibility index (Phi) is 7.87. The molecule has 1 rings (SSSR count). The Hall–Kier alpha value is -1.52. The van der Waals surface area contributed by atoms with Crippen molar-refractivity contribution >= 4 is 5.96 Å². The van der Waals surface area contributed by atoms with Gasteiger partial charge in [-0.15, -0.1) is 0 Å². The van der Waals surface area contributed by atoms with E-state index in [4.69, 9.17) is 0 Å². The van der Waals surface area contributed by atoms with Gasteiger partial charge in [0.25, 0.3) is 0 Å². The van der Waals surface area contributed by atoms with E-state index >= 15 is 0 Å². The summed E-state index contributed by atoms with van der Waals surface area (Å²) in [6, 6.07) is 0.442. The first-order valence-electron chi connectivity index (χ1n) is 8.05. The first-order chi connectivity index (χ1) is 10.0. The van der Waals surface area contributed by atoms with Crippen LogP contribution < -0.4 is 10.6 Å². The van der Waals surface area contributed by atoms with Gasteiger partial charge in [-0.2, -0.15) is 5.10 Å². The summed E-state index contributed by atoms with van der Waals surface area (Å²) in [5.41, 5.74) is 1.19. The molecule has 120 valence electrons. The lowest BCUT2D eigenvalue weighted by atomic mass is 10.0. The van der Waals surface area contributed by atoms with Gasteiger partial charge in [-0.25, -0.2) is 0 Å². The molecule has 1 aromatic rings. The fourth-order valence-corrected chi connectivity index (χ4v) is 2.06. The number of aryl methyl sites for hydroxylation is 1. The van der Waals surface area contributed by atoms with Crippen molar-refractivity contribution in [3.05, 3.63) is 18.0 Å². The van der Waals surface area contributed by atoms with E-state index in [0.29, 0.717) is 6.04 Å². The van der Waals surface area contributed by atoms with Crippen LogP contribution in [0, 0.1) is 12.8 Å². The van der Waals surface area contributed by atoms with Crippen molar-refractivity contribution in [2.75, 3.05) is 13.1 Å². The van der Waals surface area contributed by atoms with Crippen molar-refractivity contribution < 1.29 is 0 Å². The summed E-state index contributed by atoms with van der Waals surface area (Å²) in [6.07, 6.45) is 6.32. The van der Waals surface area contributed by atoms with E-state index in [0.717, 1.165) is 31.5 Å². The van der Waals surface area contributed by atoms with Crippen molar-refractivity contribution in [3.63, 3.8) is 0 Å². The maximum atomic E-state index is 4.62. The number of guanidine groups is 1. The average Bonchev–Trinajstić information content (AvgIpc) is 2.82. The van der Waals surface area contributed by atoms with Crippen LogP contribution in [-0.2, 0) is 6.54 Å². The molecule has 1 unspecified atom stereocenters. The Morgan fingerprint density at radius 1 is 1.33 bits per heavy atom. The second-order valence-electron chi connectivity index (χ2n) is 6.06. The summed E-state index contributed by atoms with van der Waals surface area (Å²) in [7, 11) is 0. The largest absolute Gasteiger partial charge is 0.357 e. The molecule has 0 aliphatic heterocycles. The van der Waals surface area contributed by atoms with Gasteiger partial charge < -0.3 is 10.6 Å². The first-order valence-corrected chi connectivity index (χ1v) is 8.05. The number of aromatic nitrogens is 2. The quantitative estimate of drug-likeness (QED) is 0.572. The summed E-state index contributed by atoms with van der Waals surface area (Å²) in [4.78, 5) is 4.62. The zero-order valence-corrected chi connectivity index (χ0v) is 14.2. The maximum Gasteiger partial charge on any atom is 0.191 e. The van der Waals surface area contributed by atoms with E-state index in [-0.39, 0.29) is 0 Å². The number of aliphatic imine (C=N–C) groups is 1. The van der Waals surface area contributed by atoms with Gasteiger partial charge >= 0.3 is 0 Å². The maximum absolute atomic E-state index is 4.62. The van der Waals surface area contributed by atoms with Crippen molar-refractivity contribution in [2.24, 2.45) is 10.9 Å². The SMILES string of the molecule is CCNC(=NCCn1cc(C)cn1)NC(C)CCC(C)C. The zero-order chi connectivity index (χ0) is 15.7. The van der Waals surface area contributed by atoms with Crippen LogP contribution in [-0.4, -0.2) is 34.9 Å². The molecule has 5 nitrogen and oxygen atoms in total. The molecule has 0 amide bonds. The number of rotatable bonds is 8. The highest BCUT2D eigenvalue weighted by Crippen LogP contribution is 2.06. The molecule has 21 heavy (non-hydrogen) atoms. The van der Waals surface area contributed by atoms with Gasteiger partial charge in [0.15, 0.2) is 5.96 Å². The molecule has 0 bridgehead atoms. The third-order valence-electron chi connectivity index (χ3n) is 3.27. The van der Waals surface area contributed by atoms with Crippen LogP contribution in [0.4, 0.5) is 0 Å². The number of hydrogen-bond donors (Lipinski definition) is 2. The van der Waals surface area contributed by atoms with Crippen LogP contribution in [0.3, 0.4) is 0 Å². The Morgan fingerprint density at radius 2 is 2.10 bits per heavy atom. The van der Waals surface area contributed by atoms with Crippen LogP contribution in [0.2, 0.25) is 0 Å². The summed E-state index contributed by atoms with van der Waals surface area (Å²) in [5, 5.41) is 11.1. The summed E-state index contributed by atoms with van der Waals surface area (Å²) >= 11 is 0. The highest BCUT2D eigenvalue weighted by molar-refractivity contribution is 5.79. The molecule has 0 fully saturated rings. The van der Waals surface area contributed by atoms with Crippen LogP contribution in [0.1, 0.15) is 46.1 Å². The minimum Gasteiger partial charge on any atom is -0.357 e. The second kappa shape index (κ2) is 9.42. The predicted octanol–water partition coefficient (Wildman–Crippen LogP) is 2.57. The first kappa shape index (κ1) is 17.5. The van der Waals surface area contributed by atoms with E-state index in [1.807, 2.05) is 17.1 Å². The van der Waals surface area contributed by atoms with Crippen molar-refractivity contribution in [1.82, 2.24) is 20.4 Å². The lowest BCUT2D eigenvalue weighted by Gasteiger charge is -2.18. The lowest BCUT2D eigenvalue weighted by Crippen LogP contribution is -2.42. The zero-order valence-electron chi connectivity index (χ0n) is 14.2. The fraction of sp³-hybridized carbons (Fsp3) is 0.750. The number of nitrogens with zero attached hydrogens (tertiary/aromatic N) is 3. The summed E-state index contributed by atoms with van der Waals surface area (Å²) in [5.74, 6) is 1.65. The van der Waals surface area contributed by atoms with E-state index < -0.39 is 0 Å². The van der Waals surface area contributed by atoms with Gasteiger partial charge in [-0.3, -0.25) is 9.67 Å². The summed E-state index contributed by atoms with van der Waals surface area (Å²) in [6.45, 7) is 13.3. The summed E-state index contributed by atoms with van der Waals surface area (Å²) < 4.78 is 1.94. The van der Waals surface area contributed by atoms with Gasteiger partial charge in [0.2, 0.25) is 0 Å². The van der Waals surface area contributed by atoms with Crippen LogP contribution in [0.25, 0.3) is 0 Å². The Bertz CT molecular complexity index is 422. The Labute approximate surface area is 129 Å². The van der Waals surface area contributed by atoms with Gasteiger partial charge in [0.1, 0.15) is 0 Å². The Balaban J connectivity index is 2.41. The van der Waals surface area contributed by atoms with Gasteiger partial charge in [0.05, 0.1) is 19.3 Å². The van der Waals surface area contributed by atoms with Crippen molar-refractivity contribution in [3.8, 4) is 0 Å². The molecule has 1 aromatic heterocycles. The Morgan fingerprint density at radius 3 is 2.67 bits per heavy atom. The smallest absolute Gasteiger partial charge is 0.191 e. The third kappa shape index (κ3) is 7.73. The van der Waals surface area contributed by atoms with E-state index in [9.17, 15) is 0 Å². The van der Waals surface area contributed by atoms with E-state index in [2.05, 4.69) is 55.3 Å². The molecule has 0 spiro atoms. The molecule has 5 heteroatoms. The molecular weight excluding hydrogens is 262 g/mol. The third-order valence-corrected chi connectivity index (χ3v) is 3.27. The van der Waals surface area contributed by atoms with Gasteiger partial charge in [-0.1, -0.05) is 13.8 Å². The number of hydrogen-bond acceptors (Lipinski definition) is 2. The van der Waals surface area contributed by atoms with Crippen LogP contribution in [0.15, 0.2) is 17.4 Å². The average molecular weight is 293 g/mol. The molecule has 0 radical (unpaired) electrons. The van der Waals surface area contributed by atoms with Crippen LogP contribution in [0.5, 0.6) is 0 Å². The normalized spacial score (nSPS) is 13.5. The lowest BCUT2D eigenvalue weighted by molar-refractivity contribution is 0.488. The van der Waals surface area contributed by atoms with Gasteiger partial charge in [-0.05, 0) is 45.1 Å². The van der Waals surface area contributed by atoms with Gasteiger partial charge in [0, 0.05) is 18.8 Å². The van der Waals surface area contributed by atoms with E-state index in [1.54, 1.807) is 0 Å². The predicted molar refractivity (Wildman–Crippen MR) is 89.6 cm³/mol. The van der Waals surface area contributed by atoms with E-state index in [1.165, 1.54) is 18.4 Å².